The van der Waals surface area contributed by atoms with E-state index in [1.54, 1.807) is 4.68 Å². The molecule has 0 spiro atoms. The van der Waals surface area contributed by atoms with E-state index in [0.29, 0.717) is 19.0 Å². The Hall–Kier alpha value is -2.35. The number of aryl methyl sites for hydroxylation is 2. The smallest absolute Gasteiger partial charge is 0.254 e. The molecule has 0 radical (unpaired) electrons. The first-order valence-corrected chi connectivity index (χ1v) is 7.68. The van der Waals surface area contributed by atoms with Crippen LogP contribution in [-0.4, -0.2) is 38.7 Å². The van der Waals surface area contributed by atoms with Crippen LogP contribution in [0.1, 0.15) is 40.5 Å². The lowest BCUT2D eigenvalue weighted by Crippen LogP contribution is -2.49. The molecule has 2 fully saturated rings. The number of carbonyl (C=O) groups is 1. The first kappa shape index (κ1) is 13.3. The minimum atomic E-state index is 0.0527. The molecule has 1 saturated carbocycles. The summed E-state index contributed by atoms with van der Waals surface area (Å²) in [5.74, 6) is 3.45. The van der Waals surface area contributed by atoms with Crippen molar-refractivity contribution in [2.24, 2.45) is 13.0 Å². The van der Waals surface area contributed by atoms with Gasteiger partial charge in [-0.05, 0) is 25.8 Å². The molecule has 1 saturated heterocycles. The Kier molecular flexibility index (Phi) is 2.77. The summed E-state index contributed by atoms with van der Waals surface area (Å²) in [4.78, 5) is 19.4. The molecule has 0 N–H and O–H groups in total. The van der Waals surface area contributed by atoms with Crippen LogP contribution >= 0.6 is 0 Å². The fourth-order valence-electron chi connectivity index (χ4n) is 3.14. The summed E-state index contributed by atoms with van der Waals surface area (Å²) in [6.45, 7) is 3.23. The van der Waals surface area contributed by atoms with Crippen molar-refractivity contribution >= 4 is 16.9 Å². The van der Waals surface area contributed by atoms with Gasteiger partial charge in [-0.3, -0.25) is 9.48 Å². The topological polar surface area (TPSA) is 51.0 Å². The van der Waals surface area contributed by atoms with E-state index < -0.39 is 0 Å². The Labute approximate surface area is 129 Å². The van der Waals surface area contributed by atoms with E-state index >= 15 is 0 Å². The molecule has 2 aliphatic rings. The molecule has 2 aromatic rings. The summed E-state index contributed by atoms with van der Waals surface area (Å²) < 4.78 is 1.77. The van der Waals surface area contributed by atoms with Crippen LogP contribution in [0, 0.1) is 25.2 Å². The number of carbonyl (C=O) groups excluding carboxylic acids is 1. The number of hydrogen-bond donors (Lipinski definition) is 0. The highest BCUT2D eigenvalue weighted by atomic mass is 16.2. The molecule has 1 amide bonds. The van der Waals surface area contributed by atoms with Crippen LogP contribution in [-0.2, 0) is 7.05 Å². The second-order valence-electron chi connectivity index (χ2n) is 6.35. The van der Waals surface area contributed by atoms with Gasteiger partial charge in [-0.25, -0.2) is 4.98 Å². The first-order valence-electron chi connectivity index (χ1n) is 7.68. The minimum Gasteiger partial charge on any atom is -0.336 e. The Morgan fingerprint density at radius 3 is 2.77 bits per heavy atom. The van der Waals surface area contributed by atoms with Crippen LogP contribution in [0.4, 0.5) is 0 Å². The number of terminal acetylenes is 1. The van der Waals surface area contributed by atoms with Crippen LogP contribution in [0.3, 0.4) is 0 Å². The maximum atomic E-state index is 12.9. The SMILES string of the molecule is C#CC1CN(C(=O)c2cc(C3CC3)nc3c2c(C)nn3C)C1. The molecular weight excluding hydrogens is 276 g/mol. The van der Waals surface area contributed by atoms with Crippen molar-refractivity contribution in [3.8, 4) is 12.3 Å². The predicted molar refractivity (Wildman–Crippen MR) is 83.4 cm³/mol. The molecule has 1 aliphatic heterocycles. The van der Waals surface area contributed by atoms with Gasteiger partial charge in [0.2, 0.25) is 0 Å². The quantitative estimate of drug-likeness (QED) is 0.794. The average Bonchev–Trinajstić information content (AvgIpc) is 3.25. The summed E-state index contributed by atoms with van der Waals surface area (Å²) >= 11 is 0. The van der Waals surface area contributed by atoms with Gasteiger partial charge in [-0.2, -0.15) is 5.10 Å². The fourth-order valence-corrected chi connectivity index (χ4v) is 3.14. The monoisotopic (exact) mass is 294 g/mol. The zero-order valence-corrected chi connectivity index (χ0v) is 12.8. The molecule has 1 aliphatic carbocycles. The summed E-state index contributed by atoms with van der Waals surface area (Å²) in [5, 5.41) is 5.32. The zero-order chi connectivity index (χ0) is 15.4. The van der Waals surface area contributed by atoms with E-state index in [-0.39, 0.29) is 11.8 Å². The van der Waals surface area contributed by atoms with Crippen molar-refractivity contribution in [3.63, 3.8) is 0 Å². The highest BCUT2D eigenvalue weighted by molar-refractivity contribution is 6.06. The van der Waals surface area contributed by atoms with Crippen molar-refractivity contribution in [2.75, 3.05) is 13.1 Å². The van der Waals surface area contributed by atoms with Crippen LogP contribution in [0.5, 0.6) is 0 Å². The minimum absolute atomic E-state index is 0.0527. The molecule has 4 rings (SSSR count). The van der Waals surface area contributed by atoms with Crippen LogP contribution in [0.25, 0.3) is 11.0 Å². The summed E-state index contributed by atoms with van der Waals surface area (Å²) in [6, 6.07) is 1.97. The van der Waals surface area contributed by atoms with E-state index in [2.05, 4.69) is 11.0 Å². The van der Waals surface area contributed by atoms with E-state index in [0.717, 1.165) is 40.8 Å². The van der Waals surface area contributed by atoms with Crippen molar-refractivity contribution in [3.05, 3.63) is 23.0 Å². The van der Waals surface area contributed by atoms with Gasteiger partial charge in [-0.15, -0.1) is 6.42 Å². The van der Waals surface area contributed by atoms with E-state index in [1.165, 1.54) is 0 Å². The number of aromatic nitrogens is 3. The molecule has 0 bridgehead atoms. The van der Waals surface area contributed by atoms with Crippen molar-refractivity contribution in [2.45, 2.75) is 25.7 Å². The normalized spacial score (nSPS) is 18.3. The molecule has 0 aromatic carbocycles. The fraction of sp³-hybridized carbons (Fsp3) is 0.471. The highest BCUT2D eigenvalue weighted by Gasteiger charge is 2.33. The molecule has 3 heterocycles. The number of amides is 1. The Balaban J connectivity index is 1.81. The molecule has 2 aromatic heterocycles. The predicted octanol–water partition coefficient (Wildman–Crippen LogP) is 1.86. The average molecular weight is 294 g/mol. The van der Waals surface area contributed by atoms with E-state index in [4.69, 9.17) is 11.4 Å². The first-order chi connectivity index (χ1) is 10.6. The number of rotatable bonds is 2. The highest BCUT2D eigenvalue weighted by Crippen LogP contribution is 2.40. The van der Waals surface area contributed by atoms with Gasteiger partial charge in [0.15, 0.2) is 5.65 Å². The molecule has 0 atom stereocenters. The maximum absolute atomic E-state index is 12.9. The largest absolute Gasteiger partial charge is 0.336 e. The van der Waals surface area contributed by atoms with E-state index in [1.807, 2.05) is 24.9 Å². The van der Waals surface area contributed by atoms with Gasteiger partial charge in [0.05, 0.1) is 22.6 Å². The summed E-state index contributed by atoms with van der Waals surface area (Å²) in [7, 11) is 1.88. The van der Waals surface area contributed by atoms with Gasteiger partial charge in [0.25, 0.3) is 5.91 Å². The lowest BCUT2D eigenvalue weighted by atomic mass is 9.98. The molecular formula is C17H18N4O. The van der Waals surface area contributed by atoms with Gasteiger partial charge in [-0.1, -0.05) is 5.92 Å². The summed E-state index contributed by atoms with van der Waals surface area (Å²) in [6.07, 6.45) is 7.73. The third-order valence-electron chi connectivity index (χ3n) is 4.62. The van der Waals surface area contributed by atoms with Gasteiger partial charge in [0, 0.05) is 31.7 Å². The van der Waals surface area contributed by atoms with Crippen LogP contribution in [0.15, 0.2) is 6.07 Å². The Bertz CT molecular complexity index is 819. The van der Waals surface area contributed by atoms with Crippen molar-refractivity contribution in [1.29, 1.82) is 0 Å². The summed E-state index contributed by atoms with van der Waals surface area (Å²) in [5.41, 5.74) is 3.41. The van der Waals surface area contributed by atoms with Gasteiger partial charge < -0.3 is 4.90 Å². The number of hydrogen-bond acceptors (Lipinski definition) is 3. The second kappa shape index (κ2) is 4.57. The van der Waals surface area contributed by atoms with Crippen LogP contribution < -0.4 is 0 Å². The molecule has 5 heteroatoms. The van der Waals surface area contributed by atoms with Gasteiger partial charge in [0.1, 0.15) is 0 Å². The molecule has 0 unspecified atom stereocenters. The lowest BCUT2D eigenvalue weighted by Gasteiger charge is -2.36. The van der Waals surface area contributed by atoms with Crippen LogP contribution in [0.2, 0.25) is 0 Å². The third kappa shape index (κ3) is 1.91. The van der Waals surface area contributed by atoms with Crippen molar-refractivity contribution < 1.29 is 4.79 Å². The second-order valence-corrected chi connectivity index (χ2v) is 6.35. The molecule has 5 nitrogen and oxygen atoms in total. The lowest BCUT2D eigenvalue weighted by molar-refractivity contribution is 0.0581. The third-order valence-corrected chi connectivity index (χ3v) is 4.62. The zero-order valence-electron chi connectivity index (χ0n) is 12.8. The number of likely N-dealkylation sites (tertiary alicyclic amines) is 1. The maximum Gasteiger partial charge on any atom is 0.254 e. The van der Waals surface area contributed by atoms with Gasteiger partial charge >= 0.3 is 0 Å². The van der Waals surface area contributed by atoms with E-state index in [9.17, 15) is 4.79 Å². The Morgan fingerprint density at radius 1 is 1.41 bits per heavy atom. The number of fused-ring (bicyclic) bond motifs is 1. The Morgan fingerprint density at radius 2 is 2.14 bits per heavy atom. The molecule has 112 valence electrons. The molecule has 22 heavy (non-hydrogen) atoms. The number of pyridine rings is 1. The standard InChI is InChI=1S/C17H18N4O/c1-4-11-8-21(9-11)17(22)13-7-14(12-5-6-12)18-16-15(13)10(2)19-20(16)3/h1,7,11-12H,5-6,8-9H2,2-3H3. The number of nitrogens with zero attached hydrogens (tertiary/aromatic N) is 4. The van der Waals surface area contributed by atoms with Crippen molar-refractivity contribution in [1.82, 2.24) is 19.7 Å².